The minimum Gasteiger partial charge on any atom is -0.480 e. The van der Waals surface area contributed by atoms with Crippen molar-refractivity contribution in [2.45, 2.75) is 25.8 Å². The Bertz CT molecular complexity index is 331. The van der Waals surface area contributed by atoms with Gasteiger partial charge in [0.25, 0.3) is 0 Å². The molecule has 0 saturated carbocycles. The summed E-state index contributed by atoms with van der Waals surface area (Å²) in [5.41, 5.74) is 0. The van der Waals surface area contributed by atoms with Crippen molar-refractivity contribution in [2.75, 3.05) is 31.1 Å². The van der Waals surface area contributed by atoms with Gasteiger partial charge in [-0.05, 0) is 18.8 Å². The summed E-state index contributed by atoms with van der Waals surface area (Å²) in [4.78, 5) is 27.1. The van der Waals surface area contributed by atoms with Crippen LogP contribution in [0.25, 0.3) is 0 Å². The van der Waals surface area contributed by atoms with Crippen molar-refractivity contribution in [2.24, 2.45) is 5.92 Å². The first kappa shape index (κ1) is 13.5. The predicted molar refractivity (Wildman–Crippen MR) is 70.8 cm³/mol. The van der Waals surface area contributed by atoms with E-state index >= 15 is 0 Å². The summed E-state index contributed by atoms with van der Waals surface area (Å²) in [5, 5.41) is 9.31. The zero-order valence-corrected chi connectivity index (χ0v) is 11.5. The summed E-state index contributed by atoms with van der Waals surface area (Å²) in [6, 6.07) is -0.741. The van der Waals surface area contributed by atoms with Crippen LogP contribution in [0.2, 0.25) is 0 Å². The van der Waals surface area contributed by atoms with E-state index in [4.69, 9.17) is 0 Å². The summed E-state index contributed by atoms with van der Waals surface area (Å²) < 4.78 is 0. The van der Waals surface area contributed by atoms with Crippen molar-refractivity contribution in [1.29, 1.82) is 0 Å². The van der Waals surface area contributed by atoms with Gasteiger partial charge in [-0.15, -0.1) is 0 Å². The number of hydrogen-bond acceptors (Lipinski definition) is 3. The standard InChI is InChI=1S/C12H20N2O3S/c1-9-3-2-4-14(10(9)11(15)16)12(17)13-5-7-18-8-6-13/h9-10H,2-8H2,1H3,(H,15,16). The van der Waals surface area contributed by atoms with Gasteiger partial charge in [-0.2, -0.15) is 11.8 Å². The fraction of sp³-hybridized carbons (Fsp3) is 0.833. The van der Waals surface area contributed by atoms with Gasteiger partial charge in [0.15, 0.2) is 0 Å². The van der Waals surface area contributed by atoms with Crippen LogP contribution in [-0.2, 0) is 4.79 Å². The van der Waals surface area contributed by atoms with E-state index in [1.165, 1.54) is 0 Å². The highest BCUT2D eigenvalue weighted by Crippen LogP contribution is 2.25. The molecule has 0 radical (unpaired) electrons. The Morgan fingerprint density at radius 1 is 1.22 bits per heavy atom. The number of carboxylic acids is 1. The molecule has 0 aromatic rings. The number of piperidine rings is 1. The van der Waals surface area contributed by atoms with Crippen LogP contribution < -0.4 is 0 Å². The van der Waals surface area contributed by atoms with Crippen LogP contribution >= 0.6 is 11.8 Å². The van der Waals surface area contributed by atoms with Crippen molar-refractivity contribution < 1.29 is 14.7 Å². The van der Waals surface area contributed by atoms with Crippen molar-refractivity contribution in [3.05, 3.63) is 0 Å². The Balaban J connectivity index is 2.08. The molecule has 102 valence electrons. The lowest BCUT2D eigenvalue weighted by molar-refractivity contribution is -0.145. The van der Waals surface area contributed by atoms with Crippen LogP contribution in [0.4, 0.5) is 4.79 Å². The molecule has 6 heteroatoms. The zero-order valence-electron chi connectivity index (χ0n) is 10.7. The molecule has 1 N–H and O–H groups in total. The number of carbonyl (C=O) groups excluding carboxylic acids is 1. The number of aliphatic carboxylic acids is 1. The van der Waals surface area contributed by atoms with Gasteiger partial charge in [-0.25, -0.2) is 9.59 Å². The van der Waals surface area contributed by atoms with E-state index in [1.807, 2.05) is 18.7 Å². The summed E-state index contributed by atoms with van der Waals surface area (Å²) in [7, 11) is 0. The van der Waals surface area contributed by atoms with Crippen molar-refractivity contribution in [1.82, 2.24) is 9.80 Å². The Morgan fingerprint density at radius 3 is 2.50 bits per heavy atom. The average Bonchev–Trinajstić information content (AvgIpc) is 2.38. The average molecular weight is 272 g/mol. The first-order valence-corrected chi connectivity index (χ1v) is 7.63. The van der Waals surface area contributed by atoms with E-state index in [9.17, 15) is 14.7 Å². The molecule has 2 aliphatic heterocycles. The molecule has 0 bridgehead atoms. The van der Waals surface area contributed by atoms with E-state index in [-0.39, 0.29) is 11.9 Å². The summed E-state index contributed by atoms with van der Waals surface area (Å²) in [5.74, 6) is 1.07. The molecule has 0 aliphatic carbocycles. The van der Waals surface area contributed by atoms with E-state index in [0.717, 1.165) is 37.4 Å². The molecule has 0 aromatic carbocycles. The minimum absolute atomic E-state index is 0.0411. The van der Waals surface area contributed by atoms with Crippen molar-refractivity contribution >= 4 is 23.8 Å². The molecule has 2 heterocycles. The predicted octanol–water partition coefficient (Wildman–Crippen LogP) is 1.34. The number of carbonyl (C=O) groups is 2. The Morgan fingerprint density at radius 2 is 1.89 bits per heavy atom. The number of carboxylic acid groups (broad SMARTS) is 1. The molecule has 18 heavy (non-hydrogen) atoms. The van der Waals surface area contributed by atoms with Gasteiger partial charge in [-0.3, -0.25) is 0 Å². The highest BCUT2D eigenvalue weighted by atomic mass is 32.2. The molecular formula is C12H20N2O3S. The summed E-state index contributed by atoms with van der Waals surface area (Å²) in [6.07, 6.45) is 1.79. The number of hydrogen-bond donors (Lipinski definition) is 1. The highest BCUT2D eigenvalue weighted by Gasteiger charge is 2.38. The Labute approximate surface area is 112 Å². The molecule has 0 aromatic heterocycles. The Hall–Kier alpha value is -0.910. The van der Waals surface area contributed by atoms with Gasteiger partial charge in [0.2, 0.25) is 0 Å². The second-order valence-corrected chi connectivity index (χ2v) is 6.20. The van der Waals surface area contributed by atoms with Gasteiger partial charge in [0, 0.05) is 31.1 Å². The van der Waals surface area contributed by atoms with Crippen LogP contribution in [0.3, 0.4) is 0 Å². The molecule has 2 atom stereocenters. The number of thioether (sulfide) groups is 1. The lowest BCUT2D eigenvalue weighted by Gasteiger charge is -2.40. The molecule has 2 aliphatic rings. The SMILES string of the molecule is CC1CCCN(C(=O)N2CCSCC2)C1C(=O)O. The first-order chi connectivity index (χ1) is 8.61. The summed E-state index contributed by atoms with van der Waals surface area (Å²) >= 11 is 1.84. The molecule has 2 fully saturated rings. The number of nitrogens with zero attached hydrogens (tertiary/aromatic N) is 2. The molecule has 5 nitrogen and oxygen atoms in total. The van der Waals surface area contributed by atoms with Gasteiger partial charge >= 0.3 is 12.0 Å². The maximum absolute atomic E-state index is 12.4. The van der Waals surface area contributed by atoms with E-state index in [1.54, 1.807) is 9.80 Å². The van der Waals surface area contributed by atoms with Gasteiger partial charge < -0.3 is 14.9 Å². The lowest BCUT2D eigenvalue weighted by atomic mass is 9.91. The monoisotopic (exact) mass is 272 g/mol. The topological polar surface area (TPSA) is 60.9 Å². The van der Waals surface area contributed by atoms with E-state index < -0.39 is 12.0 Å². The molecular weight excluding hydrogens is 252 g/mol. The maximum Gasteiger partial charge on any atom is 0.326 e. The minimum atomic E-state index is -0.873. The van der Waals surface area contributed by atoms with Gasteiger partial charge in [0.1, 0.15) is 6.04 Å². The Kier molecular flexibility index (Phi) is 4.37. The smallest absolute Gasteiger partial charge is 0.326 e. The van der Waals surface area contributed by atoms with Gasteiger partial charge in [-0.1, -0.05) is 6.92 Å². The van der Waals surface area contributed by atoms with Crippen LogP contribution in [-0.4, -0.2) is 64.1 Å². The van der Waals surface area contributed by atoms with Gasteiger partial charge in [0.05, 0.1) is 0 Å². The number of rotatable bonds is 1. The number of urea groups is 1. The third-order valence-electron chi connectivity index (χ3n) is 3.71. The molecule has 2 amide bonds. The third-order valence-corrected chi connectivity index (χ3v) is 4.66. The normalized spacial score (nSPS) is 29.2. The highest BCUT2D eigenvalue weighted by molar-refractivity contribution is 7.99. The van der Waals surface area contributed by atoms with Crippen molar-refractivity contribution in [3.63, 3.8) is 0 Å². The lowest BCUT2D eigenvalue weighted by Crippen LogP contribution is -2.57. The van der Waals surface area contributed by atoms with Crippen molar-refractivity contribution in [3.8, 4) is 0 Å². The molecule has 2 unspecified atom stereocenters. The van der Waals surface area contributed by atoms with E-state index in [2.05, 4.69) is 0 Å². The quantitative estimate of drug-likeness (QED) is 0.782. The fourth-order valence-corrected chi connectivity index (χ4v) is 3.62. The zero-order chi connectivity index (χ0) is 13.1. The second-order valence-electron chi connectivity index (χ2n) is 4.98. The summed E-state index contributed by atoms with van der Waals surface area (Å²) in [6.45, 7) is 3.97. The molecule has 2 saturated heterocycles. The van der Waals surface area contributed by atoms with Crippen LogP contribution in [0.5, 0.6) is 0 Å². The first-order valence-electron chi connectivity index (χ1n) is 6.47. The van der Waals surface area contributed by atoms with Crippen LogP contribution in [0, 0.1) is 5.92 Å². The number of likely N-dealkylation sites (tertiary alicyclic amines) is 1. The van der Waals surface area contributed by atoms with Crippen LogP contribution in [0.15, 0.2) is 0 Å². The maximum atomic E-state index is 12.4. The second kappa shape index (κ2) is 5.82. The van der Waals surface area contributed by atoms with E-state index in [0.29, 0.717) is 6.54 Å². The molecule has 0 spiro atoms. The van der Waals surface area contributed by atoms with Crippen LogP contribution in [0.1, 0.15) is 19.8 Å². The fourth-order valence-electron chi connectivity index (χ4n) is 2.72. The third kappa shape index (κ3) is 2.74. The number of amides is 2. The largest absolute Gasteiger partial charge is 0.480 e. The molecule has 2 rings (SSSR count).